The number of aromatic nitrogens is 3. The number of amides is 2. The first-order valence-corrected chi connectivity index (χ1v) is 11.9. The first-order valence-electron chi connectivity index (χ1n) is 11.0. The van der Waals surface area contributed by atoms with Crippen LogP contribution < -0.4 is 15.4 Å². The highest BCUT2D eigenvalue weighted by atomic mass is 32.1. The van der Waals surface area contributed by atoms with Gasteiger partial charge < -0.3 is 15.4 Å². The third kappa shape index (κ3) is 7.65. The molecular weight excluding hydrogens is 462 g/mol. The minimum Gasteiger partial charge on any atom is -0.487 e. The fourth-order valence-corrected chi connectivity index (χ4v) is 3.82. The Morgan fingerprint density at radius 3 is 2.74 bits per heavy atom. The Kier molecular flexibility index (Phi) is 8.03. The fourth-order valence-electron chi connectivity index (χ4n) is 3.23. The summed E-state index contributed by atoms with van der Waals surface area (Å²) in [6, 6.07) is 16.6. The average Bonchev–Trinajstić information content (AvgIpc) is 3.52. The molecule has 8 nitrogen and oxygen atoms in total. The predicted molar refractivity (Wildman–Crippen MR) is 136 cm³/mol. The van der Waals surface area contributed by atoms with E-state index in [0.29, 0.717) is 18.8 Å². The van der Waals surface area contributed by atoms with Gasteiger partial charge in [0.05, 0.1) is 10.7 Å². The Morgan fingerprint density at radius 1 is 1.14 bits per heavy atom. The summed E-state index contributed by atoms with van der Waals surface area (Å²) in [7, 11) is 0. The normalized spacial score (nSPS) is 10.9. The van der Waals surface area contributed by atoms with Gasteiger partial charge >= 0.3 is 0 Å². The van der Waals surface area contributed by atoms with Crippen molar-refractivity contribution in [2.24, 2.45) is 0 Å². The van der Waals surface area contributed by atoms with Gasteiger partial charge in [0.15, 0.2) is 0 Å². The fraction of sp³-hybridized carbons (Fsp3) is 0.154. The molecule has 0 fully saturated rings. The maximum atomic E-state index is 12.3. The number of nitrogens with zero attached hydrogens (tertiary/aromatic N) is 3. The molecule has 2 amide bonds. The molecule has 0 saturated heterocycles. The summed E-state index contributed by atoms with van der Waals surface area (Å²) in [6.45, 7) is 2.87. The van der Waals surface area contributed by atoms with E-state index in [1.165, 1.54) is 6.08 Å². The number of hydrogen-bond acceptors (Lipinski definition) is 6. The molecule has 0 bridgehead atoms. The number of hydrogen-bond donors (Lipinski definition) is 2. The molecule has 2 heterocycles. The molecule has 178 valence electrons. The lowest BCUT2D eigenvalue weighted by atomic mass is 10.2. The molecule has 0 aliphatic heterocycles. The minimum atomic E-state index is -0.211. The van der Waals surface area contributed by atoms with Gasteiger partial charge in [0.2, 0.25) is 11.8 Å². The molecule has 0 unspecified atom stereocenters. The summed E-state index contributed by atoms with van der Waals surface area (Å²) in [5, 5.41) is 12.7. The van der Waals surface area contributed by atoms with Gasteiger partial charge in [-0.15, -0.1) is 11.3 Å². The third-order valence-corrected chi connectivity index (χ3v) is 5.73. The molecule has 0 spiro atoms. The highest BCUT2D eigenvalue weighted by Crippen LogP contribution is 2.16. The SMILES string of the molecule is Cc1nc(COc2ccc(/C=C/C(=O)NCc3cccc(NC(=O)Cn4cccn4)c3)cc2)cs1. The van der Waals surface area contributed by atoms with Crippen LogP contribution in [0.15, 0.2) is 78.4 Å². The van der Waals surface area contributed by atoms with E-state index < -0.39 is 0 Å². The standard InChI is InChI=1S/C26H25N5O3S/c1-19-29-23(18-35-19)17-34-24-9-6-20(7-10-24)8-11-25(32)27-15-21-4-2-5-22(14-21)30-26(33)16-31-13-3-12-28-31/h2-14,18H,15-17H2,1H3,(H,27,32)(H,30,33)/b11-8+. The van der Waals surface area contributed by atoms with Crippen LogP contribution >= 0.6 is 11.3 Å². The maximum absolute atomic E-state index is 12.3. The second-order valence-corrected chi connectivity index (χ2v) is 8.78. The van der Waals surface area contributed by atoms with Crippen LogP contribution in [0.25, 0.3) is 6.08 Å². The molecule has 4 aromatic rings. The summed E-state index contributed by atoms with van der Waals surface area (Å²) in [5.74, 6) is 0.360. The number of benzene rings is 2. The molecule has 2 aromatic heterocycles. The van der Waals surface area contributed by atoms with Gasteiger partial charge in [0.1, 0.15) is 18.9 Å². The van der Waals surface area contributed by atoms with Crippen molar-refractivity contribution in [2.75, 3.05) is 5.32 Å². The first-order chi connectivity index (χ1) is 17.0. The van der Waals surface area contributed by atoms with Gasteiger partial charge in [-0.25, -0.2) is 4.98 Å². The molecule has 0 radical (unpaired) electrons. The summed E-state index contributed by atoms with van der Waals surface area (Å²) in [4.78, 5) is 28.8. The number of thiazole rings is 1. The number of nitrogens with one attached hydrogen (secondary N) is 2. The zero-order valence-corrected chi connectivity index (χ0v) is 20.0. The molecule has 2 aromatic carbocycles. The van der Waals surface area contributed by atoms with Gasteiger partial charge in [0.25, 0.3) is 0 Å². The quantitative estimate of drug-likeness (QED) is 0.327. The largest absolute Gasteiger partial charge is 0.487 e. The van der Waals surface area contributed by atoms with Crippen LogP contribution in [0, 0.1) is 6.92 Å². The third-order valence-electron chi connectivity index (χ3n) is 4.90. The molecule has 0 atom stereocenters. The molecule has 0 aliphatic rings. The van der Waals surface area contributed by atoms with Crippen molar-refractivity contribution in [1.82, 2.24) is 20.1 Å². The summed E-state index contributed by atoms with van der Waals surface area (Å²) in [5.41, 5.74) is 3.34. The Hall–Kier alpha value is -4.24. The monoisotopic (exact) mass is 487 g/mol. The van der Waals surface area contributed by atoms with Crippen molar-refractivity contribution in [3.05, 3.63) is 100 Å². The van der Waals surface area contributed by atoms with Crippen LogP contribution in [0.1, 0.15) is 21.8 Å². The van der Waals surface area contributed by atoms with Crippen molar-refractivity contribution in [3.8, 4) is 5.75 Å². The van der Waals surface area contributed by atoms with Crippen LogP contribution in [0.5, 0.6) is 5.75 Å². The Bertz CT molecular complexity index is 1300. The Balaban J connectivity index is 1.22. The first kappa shape index (κ1) is 23.9. The number of rotatable bonds is 10. The average molecular weight is 488 g/mol. The maximum Gasteiger partial charge on any atom is 0.246 e. The van der Waals surface area contributed by atoms with Gasteiger partial charge in [-0.3, -0.25) is 14.3 Å². The lowest BCUT2D eigenvalue weighted by molar-refractivity contribution is -0.117. The van der Waals surface area contributed by atoms with Gasteiger partial charge in [0, 0.05) is 36.1 Å². The molecule has 2 N–H and O–H groups in total. The minimum absolute atomic E-state index is 0.136. The van der Waals surface area contributed by atoms with Crippen molar-refractivity contribution in [2.45, 2.75) is 26.6 Å². The topological polar surface area (TPSA) is 98.1 Å². The van der Waals surface area contributed by atoms with Crippen LogP contribution in [0.2, 0.25) is 0 Å². The van der Waals surface area contributed by atoms with Crippen LogP contribution in [-0.4, -0.2) is 26.6 Å². The van der Waals surface area contributed by atoms with E-state index >= 15 is 0 Å². The highest BCUT2D eigenvalue weighted by Gasteiger charge is 2.05. The summed E-state index contributed by atoms with van der Waals surface area (Å²) < 4.78 is 7.29. The zero-order valence-electron chi connectivity index (χ0n) is 19.2. The zero-order chi connectivity index (χ0) is 24.5. The lowest BCUT2D eigenvalue weighted by Crippen LogP contribution is -2.21. The number of carbonyl (C=O) groups is 2. The lowest BCUT2D eigenvalue weighted by Gasteiger charge is -2.08. The number of ether oxygens (including phenoxy) is 1. The van der Waals surface area contributed by atoms with E-state index in [1.807, 2.05) is 54.8 Å². The number of anilines is 1. The number of aryl methyl sites for hydroxylation is 1. The number of carbonyl (C=O) groups excluding carboxylic acids is 2. The van der Waals surface area contributed by atoms with Gasteiger partial charge in [-0.05, 0) is 54.5 Å². The molecule has 4 rings (SSSR count). The Morgan fingerprint density at radius 2 is 2.00 bits per heavy atom. The van der Waals surface area contributed by atoms with E-state index in [1.54, 1.807) is 46.6 Å². The van der Waals surface area contributed by atoms with Crippen LogP contribution in [0.3, 0.4) is 0 Å². The van der Waals surface area contributed by atoms with Crippen LogP contribution in [-0.2, 0) is 29.3 Å². The van der Waals surface area contributed by atoms with Crippen LogP contribution in [0.4, 0.5) is 5.69 Å². The van der Waals surface area contributed by atoms with E-state index in [4.69, 9.17) is 4.74 Å². The highest BCUT2D eigenvalue weighted by molar-refractivity contribution is 7.09. The van der Waals surface area contributed by atoms with Crippen molar-refractivity contribution < 1.29 is 14.3 Å². The molecule has 0 saturated carbocycles. The van der Waals surface area contributed by atoms with E-state index in [2.05, 4.69) is 20.7 Å². The van der Waals surface area contributed by atoms with E-state index in [0.717, 1.165) is 27.6 Å². The summed E-state index contributed by atoms with van der Waals surface area (Å²) >= 11 is 1.60. The van der Waals surface area contributed by atoms with Crippen molar-refractivity contribution >= 4 is 34.9 Å². The summed E-state index contributed by atoms with van der Waals surface area (Å²) in [6.07, 6.45) is 6.59. The molecule has 9 heteroatoms. The molecule has 35 heavy (non-hydrogen) atoms. The molecular formula is C26H25N5O3S. The van der Waals surface area contributed by atoms with E-state index in [-0.39, 0.29) is 18.4 Å². The smallest absolute Gasteiger partial charge is 0.246 e. The van der Waals surface area contributed by atoms with Gasteiger partial charge in [-0.2, -0.15) is 5.10 Å². The second kappa shape index (κ2) is 11.8. The second-order valence-electron chi connectivity index (χ2n) is 7.72. The Labute approximate surface area is 207 Å². The molecule has 0 aliphatic carbocycles. The van der Waals surface area contributed by atoms with Gasteiger partial charge in [-0.1, -0.05) is 24.3 Å². The van der Waals surface area contributed by atoms with Crippen molar-refractivity contribution in [3.63, 3.8) is 0 Å². The van der Waals surface area contributed by atoms with E-state index in [9.17, 15) is 9.59 Å². The predicted octanol–water partition coefficient (Wildman–Crippen LogP) is 4.20. The van der Waals surface area contributed by atoms with Crippen molar-refractivity contribution in [1.29, 1.82) is 0 Å².